The van der Waals surface area contributed by atoms with Crippen LogP contribution in [0.5, 0.6) is 0 Å². The Morgan fingerprint density at radius 3 is 1.42 bits per heavy atom. The first-order valence-electron chi connectivity index (χ1n) is 1.54. The van der Waals surface area contributed by atoms with Gasteiger partial charge in [0.15, 0.2) is 0 Å². The maximum absolute atomic E-state index is 9.65. The van der Waals surface area contributed by atoms with Crippen LogP contribution in [-0.2, 0) is 9.53 Å². The molecule has 0 bridgehead atoms. The zero-order valence-corrected chi connectivity index (χ0v) is 11.2. The largest absolute Gasteiger partial charge is 1.00 e. The fourth-order valence-corrected chi connectivity index (χ4v) is 0.123. The Hall–Kier alpha value is 0.820. The van der Waals surface area contributed by atoms with E-state index in [0.29, 0.717) is 0 Å². The molecule has 0 radical (unpaired) electrons. The van der Waals surface area contributed by atoms with Gasteiger partial charge in [-0.05, 0) is 0 Å². The molecule has 7 nitrogen and oxygen atoms in total. The molecule has 0 heterocycles. The number of ether oxygens (including phenoxy) is 1. The Morgan fingerprint density at radius 1 is 1.17 bits per heavy atom. The SMILES string of the molecule is CC(=O)OC(=O)O.O.O.O.[H-].[H-].[Na+].[Na+]. The molecule has 0 saturated heterocycles. The van der Waals surface area contributed by atoms with E-state index in [1.54, 1.807) is 0 Å². The van der Waals surface area contributed by atoms with Gasteiger partial charge < -0.3 is 29.1 Å². The number of carbonyl (C=O) groups is 2. The Labute approximate surface area is 116 Å². The van der Waals surface area contributed by atoms with Crippen LogP contribution in [0.3, 0.4) is 0 Å². The summed E-state index contributed by atoms with van der Waals surface area (Å²) in [6, 6.07) is 0. The summed E-state index contributed by atoms with van der Waals surface area (Å²) in [6.45, 7) is 1.02. The number of carbonyl (C=O) groups excluding carboxylic acids is 1. The standard InChI is InChI=1S/C3H4O4.2Na.3H2O.2H/c1-2(4)7-3(5)6;;;;;;;/h1H3,(H,5,6);;;3*1H2;;/q;2*+1;;;;2*-1. The second-order valence-corrected chi connectivity index (χ2v) is 0.860. The van der Waals surface area contributed by atoms with Gasteiger partial charge in [-0.25, -0.2) is 4.79 Å². The van der Waals surface area contributed by atoms with E-state index in [1.165, 1.54) is 0 Å². The Balaban J connectivity index is -0.00000000857. The van der Waals surface area contributed by atoms with Crippen molar-refractivity contribution in [1.82, 2.24) is 0 Å². The Kier molecular flexibility index (Phi) is 72.6. The van der Waals surface area contributed by atoms with Crippen LogP contribution in [0.1, 0.15) is 9.78 Å². The van der Waals surface area contributed by atoms with Gasteiger partial charge in [-0.2, -0.15) is 0 Å². The van der Waals surface area contributed by atoms with Crippen molar-refractivity contribution >= 4 is 12.1 Å². The van der Waals surface area contributed by atoms with Gasteiger partial charge in [-0.15, -0.1) is 0 Å². The van der Waals surface area contributed by atoms with E-state index in [4.69, 9.17) is 5.11 Å². The van der Waals surface area contributed by atoms with Crippen molar-refractivity contribution in [2.45, 2.75) is 6.92 Å². The summed E-state index contributed by atoms with van der Waals surface area (Å²) >= 11 is 0. The van der Waals surface area contributed by atoms with E-state index in [9.17, 15) is 9.59 Å². The van der Waals surface area contributed by atoms with Gasteiger partial charge in [0.05, 0.1) is 0 Å². The molecule has 0 atom stereocenters. The van der Waals surface area contributed by atoms with Crippen LogP contribution in [0.2, 0.25) is 0 Å². The van der Waals surface area contributed by atoms with Crippen LogP contribution < -0.4 is 59.1 Å². The molecule has 0 spiro atoms. The Bertz CT molecular complexity index is 101. The maximum atomic E-state index is 9.65. The van der Waals surface area contributed by atoms with E-state index in [-0.39, 0.29) is 78.4 Å². The molecular weight excluding hydrogens is 194 g/mol. The van der Waals surface area contributed by atoms with Crippen molar-refractivity contribution in [1.29, 1.82) is 0 Å². The summed E-state index contributed by atoms with van der Waals surface area (Å²) in [5.74, 6) is -0.812. The molecule has 68 valence electrons. The quantitative estimate of drug-likeness (QED) is 0.237. The fourth-order valence-electron chi connectivity index (χ4n) is 0.123. The van der Waals surface area contributed by atoms with Crippen molar-refractivity contribution in [2.24, 2.45) is 0 Å². The summed E-state index contributed by atoms with van der Waals surface area (Å²) in [4.78, 5) is 19.0. The second kappa shape index (κ2) is 22.6. The molecule has 0 fully saturated rings. The number of rotatable bonds is 0. The molecule has 0 aliphatic heterocycles. The summed E-state index contributed by atoms with van der Waals surface area (Å²) in [6.07, 6.45) is -1.56. The van der Waals surface area contributed by atoms with Gasteiger partial charge in [0.2, 0.25) is 0 Å². The third-order valence-electron chi connectivity index (χ3n) is 0.231. The van der Waals surface area contributed by atoms with Gasteiger partial charge in [0.25, 0.3) is 0 Å². The summed E-state index contributed by atoms with van der Waals surface area (Å²) < 4.78 is 3.53. The molecule has 0 unspecified atom stereocenters. The second-order valence-electron chi connectivity index (χ2n) is 0.860. The van der Waals surface area contributed by atoms with Gasteiger partial charge >= 0.3 is 71.2 Å². The minimum atomic E-state index is -1.56. The van der Waals surface area contributed by atoms with Gasteiger partial charge in [0, 0.05) is 6.92 Å². The monoisotopic (exact) mass is 206 g/mol. The summed E-state index contributed by atoms with van der Waals surface area (Å²) in [5, 5.41) is 7.64. The van der Waals surface area contributed by atoms with Crippen molar-refractivity contribution in [3.63, 3.8) is 0 Å². The van der Waals surface area contributed by atoms with Crippen LogP contribution in [0, 0.1) is 0 Å². The fraction of sp³-hybridized carbons (Fsp3) is 0.333. The van der Waals surface area contributed by atoms with E-state index in [0.717, 1.165) is 6.92 Å². The van der Waals surface area contributed by atoms with Crippen LogP contribution in [0.25, 0.3) is 0 Å². The molecule has 0 rings (SSSR count). The maximum Gasteiger partial charge on any atom is 1.00 e. The van der Waals surface area contributed by atoms with E-state index < -0.39 is 12.1 Å². The van der Waals surface area contributed by atoms with Crippen molar-refractivity contribution in [3.05, 3.63) is 0 Å². The zero-order valence-electron chi connectivity index (χ0n) is 9.17. The first-order chi connectivity index (χ1) is 3.13. The van der Waals surface area contributed by atoms with E-state index in [2.05, 4.69) is 4.74 Å². The predicted octanol–water partition coefficient (Wildman–Crippen LogP) is -8.01. The third kappa shape index (κ3) is 44.9. The van der Waals surface area contributed by atoms with Crippen LogP contribution in [0.15, 0.2) is 0 Å². The minimum Gasteiger partial charge on any atom is -1.00 e. The molecule has 0 aliphatic carbocycles. The van der Waals surface area contributed by atoms with Crippen LogP contribution in [-0.4, -0.2) is 33.7 Å². The first-order valence-corrected chi connectivity index (χ1v) is 1.54. The van der Waals surface area contributed by atoms with Crippen molar-refractivity contribution in [3.8, 4) is 0 Å². The smallest absolute Gasteiger partial charge is 1.00 e. The average Bonchev–Trinajstić information content (AvgIpc) is 1.27. The van der Waals surface area contributed by atoms with E-state index in [1.807, 2.05) is 0 Å². The van der Waals surface area contributed by atoms with Crippen molar-refractivity contribution < 1.29 is 97.8 Å². The third-order valence-corrected chi connectivity index (χ3v) is 0.231. The molecule has 0 amide bonds. The predicted molar refractivity (Wildman–Crippen MR) is 32.9 cm³/mol. The minimum absolute atomic E-state index is 0. The summed E-state index contributed by atoms with van der Waals surface area (Å²) in [7, 11) is 0. The van der Waals surface area contributed by atoms with Gasteiger partial charge in [-0.1, -0.05) is 0 Å². The molecule has 0 aromatic rings. The molecule has 12 heavy (non-hydrogen) atoms. The van der Waals surface area contributed by atoms with E-state index >= 15 is 0 Å². The molecule has 7 N–H and O–H groups in total. The average molecular weight is 206 g/mol. The molecule has 0 aromatic carbocycles. The Morgan fingerprint density at radius 2 is 1.42 bits per heavy atom. The molecule has 0 aromatic heterocycles. The number of hydrogen-bond acceptors (Lipinski definition) is 3. The number of esters is 1. The van der Waals surface area contributed by atoms with Gasteiger partial charge in [-0.3, -0.25) is 4.79 Å². The molecule has 0 aliphatic rings. The molecular formula is C3H12Na2O7. The first kappa shape index (κ1) is 38.5. The van der Waals surface area contributed by atoms with Gasteiger partial charge in [0.1, 0.15) is 0 Å². The van der Waals surface area contributed by atoms with Crippen molar-refractivity contribution in [2.75, 3.05) is 0 Å². The number of hydrogen-bond donors (Lipinski definition) is 1. The van der Waals surface area contributed by atoms with Crippen LogP contribution >= 0.6 is 0 Å². The molecule has 9 heteroatoms. The normalized spacial score (nSPS) is 4.42. The molecule has 0 saturated carbocycles. The van der Waals surface area contributed by atoms with Crippen LogP contribution in [0.4, 0.5) is 4.79 Å². The number of carboxylic acid groups (broad SMARTS) is 1. The zero-order chi connectivity index (χ0) is 5.86. The topological polar surface area (TPSA) is 158 Å². The summed E-state index contributed by atoms with van der Waals surface area (Å²) in [5.41, 5.74) is 0.